The van der Waals surface area contributed by atoms with Crippen LogP contribution >= 0.6 is 0 Å². The van der Waals surface area contributed by atoms with Gasteiger partial charge in [-0.2, -0.15) is 0 Å². The second-order valence-electron chi connectivity index (χ2n) is 1.98. The minimum absolute atomic E-state index is 0.810. The monoisotopic (exact) mass is 338 g/mol. The Morgan fingerprint density at radius 3 is 1.82 bits per heavy atom. The molecule has 2 nitrogen and oxygen atoms in total. The average molecular weight is 337 g/mol. The van der Waals surface area contributed by atoms with E-state index in [1.54, 1.807) is 0 Å². The number of hydrogen-bond acceptors (Lipinski definition) is 1. The molecular weight excluding hydrogens is 329 g/mol. The molecule has 0 amide bonds. The molecule has 0 aliphatic rings. The summed E-state index contributed by atoms with van der Waals surface area (Å²) < 4.78 is 1.52. The van der Waals surface area contributed by atoms with Crippen LogP contribution in [0.3, 0.4) is 0 Å². The molecule has 0 spiro atoms. The molecule has 1 aromatic rings. The Balaban J connectivity index is 0.000000218. The van der Waals surface area contributed by atoms with E-state index in [1.807, 2.05) is 0 Å². The van der Waals surface area contributed by atoms with E-state index in [0.29, 0.717) is 0 Å². The SMILES string of the molecule is CC([O])=O.[Hg][c]1ccccc1. The average Bonchev–Trinajstić information content (AvgIpc) is 1.87. The van der Waals surface area contributed by atoms with E-state index in [9.17, 15) is 0 Å². The van der Waals surface area contributed by atoms with Crippen LogP contribution in [0.1, 0.15) is 6.92 Å². The van der Waals surface area contributed by atoms with Crippen LogP contribution in [0.5, 0.6) is 0 Å². The third-order valence-corrected chi connectivity index (χ3v) is 2.68. The van der Waals surface area contributed by atoms with Crippen molar-refractivity contribution in [3.8, 4) is 0 Å². The molecule has 1 rings (SSSR count). The third kappa shape index (κ3) is 9.63. The molecule has 1 radical (unpaired) electrons. The van der Waals surface area contributed by atoms with Crippen molar-refractivity contribution in [3.05, 3.63) is 30.3 Å². The Hall–Kier alpha value is -0.375. The zero-order valence-electron chi connectivity index (χ0n) is 6.41. The summed E-state index contributed by atoms with van der Waals surface area (Å²) in [5.74, 6) is -1.08. The fourth-order valence-electron chi connectivity index (χ4n) is 0.478. The molecule has 11 heavy (non-hydrogen) atoms. The van der Waals surface area contributed by atoms with Crippen molar-refractivity contribution in [2.24, 2.45) is 0 Å². The van der Waals surface area contributed by atoms with E-state index in [1.165, 1.54) is 3.07 Å². The van der Waals surface area contributed by atoms with E-state index in [2.05, 4.69) is 30.3 Å². The van der Waals surface area contributed by atoms with Crippen LogP contribution in [0.15, 0.2) is 30.3 Å². The molecule has 0 bridgehead atoms. The normalized spacial score (nSPS) is 7.91. The van der Waals surface area contributed by atoms with Gasteiger partial charge in [0.25, 0.3) is 0 Å². The van der Waals surface area contributed by atoms with Crippen molar-refractivity contribution in [2.45, 2.75) is 6.92 Å². The van der Waals surface area contributed by atoms with Gasteiger partial charge in [0.15, 0.2) is 0 Å². The molecule has 0 heterocycles. The first-order chi connectivity index (χ1) is 5.13. The molecule has 54 valence electrons. The first kappa shape index (κ1) is 10.6. The van der Waals surface area contributed by atoms with Crippen molar-refractivity contribution in [3.63, 3.8) is 0 Å². The van der Waals surface area contributed by atoms with Gasteiger partial charge in [0, 0.05) is 6.92 Å². The number of rotatable bonds is 0. The molecule has 0 aliphatic heterocycles. The van der Waals surface area contributed by atoms with Gasteiger partial charge in [0.1, 0.15) is 0 Å². The van der Waals surface area contributed by atoms with Gasteiger partial charge >= 0.3 is 65.5 Å². The molecular formula is C8H8HgO2. The molecule has 0 aromatic heterocycles. The van der Waals surface area contributed by atoms with Crippen LogP contribution < -0.4 is 3.07 Å². The van der Waals surface area contributed by atoms with E-state index in [-0.39, 0.29) is 0 Å². The first-order valence-electron chi connectivity index (χ1n) is 3.17. The van der Waals surface area contributed by atoms with Gasteiger partial charge in [-0.25, -0.2) is 9.90 Å². The fourth-order valence-corrected chi connectivity index (χ4v) is 1.54. The molecule has 3 heteroatoms. The van der Waals surface area contributed by atoms with Gasteiger partial charge in [-0.1, -0.05) is 0 Å². The summed E-state index contributed by atoms with van der Waals surface area (Å²) in [5.41, 5.74) is 0. The van der Waals surface area contributed by atoms with Gasteiger partial charge in [0.05, 0.1) is 0 Å². The van der Waals surface area contributed by atoms with Gasteiger partial charge in [-0.3, -0.25) is 0 Å². The van der Waals surface area contributed by atoms with Crippen molar-refractivity contribution in [1.29, 1.82) is 0 Å². The van der Waals surface area contributed by atoms with Crippen LogP contribution in [0, 0.1) is 0 Å². The predicted molar refractivity (Wildman–Crippen MR) is 37.4 cm³/mol. The Morgan fingerprint density at radius 1 is 1.27 bits per heavy atom. The summed E-state index contributed by atoms with van der Waals surface area (Å²) >= 11 is 0.810. The van der Waals surface area contributed by atoms with Crippen molar-refractivity contribution in [2.75, 3.05) is 0 Å². The van der Waals surface area contributed by atoms with E-state index >= 15 is 0 Å². The van der Waals surface area contributed by atoms with Crippen molar-refractivity contribution in [1.82, 2.24) is 0 Å². The molecule has 1 aromatic carbocycles. The molecule has 0 fully saturated rings. The number of hydrogen-bond donors (Lipinski definition) is 0. The van der Waals surface area contributed by atoms with Crippen LogP contribution in [0.2, 0.25) is 0 Å². The van der Waals surface area contributed by atoms with Crippen molar-refractivity contribution < 1.29 is 36.0 Å². The Kier molecular flexibility index (Phi) is 6.13. The Labute approximate surface area is 82.2 Å². The van der Waals surface area contributed by atoms with Gasteiger partial charge in [0.2, 0.25) is 0 Å². The molecule has 0 unspecified atom stereocenters. The van der Waals surface area contributed by atoms with Crippen LogP contribution in [0.25, 0.3) is 0 Å². The minimum atomic E-state index is -1.08. The Morgan fingerprint density at radius 2 is 1.64 bits per heavy atom. The van der Waals surface area contributed by atoms with Gasteiger partial charge in [-0.15, -0.1) is 0 Å². The molecule has 0 saturated heterocycles. The number of benzene rings is 1. The van der Waals surface area contributed by atoms with Crippen LogP contribution in [-0.2, 0) is 36.0 Å². The van der Waals surface area contributed by atoms with Crippen LogP contribution in [-0.4, -0.2) is 5.97 Å². The van der Waals surface area contributed by atoms with E-state index < -0.39 is 5.97 Å². The summed E-state index contributed by atoms with van der Waals surface area (Å²) in [5, 5.41) is 8.89. The predicted octanol–water partition coefficient (Wildman–Crippen LogP) is 0.822. The second-order valence-corrected chi connectivity index (χ2v) is 5.15. The summed E-state index contributed by atoms with van der Waals surface area (Å²) in [6.07, 6.45) is 0. The zero-order valence-corrected chi connectivity index (χ0v) is 11.9. The molecule has 0 saturated carbocycles. The second kappa shape index (κ2) is 6.34. The number of carbonyl (C=O) groups is 1. The fraction of sp³-hybridized carbons (Fsp3) is 0.125. The zero-order chi connectivity index (χ0) is 8.69. The molecule has 0 atom stereocenters. The summed E-state index contributed by atoms with van der Waals surface area (Å²) in [6.45, 7) is 0.972. The maximum absolute atomic E-state index is 8.89. The summed E-state index contributed by atoms with van der Waals surface area (Å²) in [6, 6.07) is 10.6. The number of carbonyl (C=O) groups excluding carboxylic acids is 1. The van der Waals surface area contributed by atoms with E-state index in [0.717, 1.165) is 33.0 Å². The van der Waals surface area contributed by atoms with Crippen molar-refractivity contribution >= 4 is 9.04 Å². The van der Waals surface area contributed by atoms with Gasteiger partial charge in [-0.05, 0) is 0 Å². The quantitative estimate of drug-likeness (QED) is 0.646. The summed E-state index contributed by atoms with van der Waals surface area (Å²) in [7, 11) is 0. The van der Waals surface area contributed by atoms with E-state index in [4.69, 9.17) is 9.90 Å². The standard InChI is InChI=1S/C6H5.C2H3O2.Hg/c1-2-4-6-5-3-1;1-2(3)4;/h1-5H;1H3;. The third-order valence-electron chi connectivity index (χ3n) is 0.843. The van der Waals surface area contributed by atoms with Gasteiger partial charge < -0.3 is 0 Å². The first-order valence-corrected chi connectivity index (χ1v) is 5.92. The topological polar surface area (TPSA) is 37.0 Å². The summed E-state index contributed by atoms with van der Waals surface area (Å²) in [4.78, 5) is 8.89. The Bertz CT molecular complexity index is 205. The molecule has 0 N–H and O–H groups in total. The maximum atomic E-state index is 8.89. The molecule has 0 aliphatic carbocycles. The van der Waals surface area contributed by atoms with Crippen LogP contribution in [0.4, 0.5) is 0 Å².